The Balaban J connectivity index is 1.93. The van der Waals surface area contributed by atoms with Crippen LogP contribution >= 0.6 is 11.3 Å². The number of hydrogen-bond acceptors (Lipinski definition) is 5. The number of benzene rings is 2. The van der Waals surface area contributed by atoms with E-state index >= 15 is 0 Å². The molecule has 0 spiro atoms. The van der Waals surface area contributed by atoms with Gasteiger partial charge in [0.25, 0.3) is 5.56 Å². The number of aliphatic hydroxyl groups is 1. The summed E-state index contributed by atoms with van der Waals surface area (Å²) in [6, 6.07) is 13.0. The number of rotatable bonds is 5. The number of aromatic nitrogens is 1. The highest BCUT2D eigenvalue weighted by Crippen LogP contribution is 2.37. The molecule has 8 heteroatoms. The summed E-state index contributed by atoms with van der Waals surface area (Å²) >= 11 is -0.532. The average molecular weight is 400 g/mol. The monoisotopic (exact) mass is 400 g/mol. The van der Waals surface area contributed by atoms with Gasteiger partial charge in [0.2, 0.25) is 0 Å². The van der Waals surface area contributed by atoms with Crippen molar-refractivity contribution in [3.05, 3.63) is 63.8 Å². The van der Waals surface area contributed by atoms with Crippen molar-refractivity contribution in [2.45, 2.75) is 6.61 Å². The molecule has 27 heavy (non-hydrogen) atoms. The number of anilines is 1. The molecule has 4 rings (SSSR count). The molecule has 0 amide bonds. The molecule has 0 bridgehead atoms. The second-order valence-electron chi connectivity index (χ2n) is 6.02. The average Bonchev–Trinajstić information content (AvgIpc) is 3.16. The number of hydrogen-bond donors (Lipinski definition) is 4. The first kappa shape index (κ1) is 17.9. The lowest BCUT2D eigenvalue weighted by molar-refractivity contribution is 0.282. The van der Waals surface area contributed by atoms with Crippen LogP contribution in [0, 0.1) is 0 Å². The molecule has 0 radical (unpaired) electrons. The fraction of sp³-hybridized carbons (Fsp3) is 0.105. The van der Waals surface area contributed by atoms with Crippen LogP contribution in [0.4, 0.5) is 5.69 Å². The summed E-state index contributed by atoms with van der Waals surface area (Å²) in [5, 5.41) is 16.4. The van der Waals surface area contributed by atoms with Gasteiger partial charge >= 0.3 is 0 Å². The fourth-order valence-corrected chi connectivity index (χ4v) is 4.34. The van der Waals surface area contributed by atoms with E-state index in [0.717, 1.165) is 38.7 Å². The summed E-state index contributed by atoms with van der Waals surface area (Å²) in [5.74, 6) is -0.0493. The van der Waals surface area contributed by atoms with E-state index in [2.05, 4.69) is 10.3 Å². The Hall–Kier alpha value is -2.52. The van der Waals surface area contributed by atoms with Crippen LogP contribution in [0.25, 0.3) is 32.1 Å². The van der Waals surface area contributed by atoms with Gasteiger partial charge in [0, 0.05) is 22.0 Å². The standard InChI is InChI=1S/C19H16N2O4S2/c22-9-12-3-6-15-17(14-7-8-26-18(14)19(23)21-15)16(12)11-1-4-13(5-2-11)20-10-27(24)25/h1-8,20,22H,9-10H2,(H,21,23)(H,24,25). The van der Waals surface area contributed by atoms with E-state index in [1.807, 2.05) is 47.8 Å². The lowest BCUT2D eigenvalue weighted by atomic mass is 9.93. The lowest BCUT2D eigenvalue weighted by Gasteiger charge is -2.14. The van der Waals surface area contributed by atoms with Gasteiger partial charge in [-0.15, -0.1) is 11.3 Å². The van der Waals surface area contributed by atoms with E-state index in [-0.39, 0.29) is 18.0 Å². The van der Waals surface area contributed by atoms with Crippen molar-refractivity contribution < 1.29 is 13.9 Å². The molecule has 0 aliphatic heterocycles. The van der Waals surface area contributed by atoms with Crippen molar-refractivity contribution in [3.63, 3.8) is 0 Å². The third-order valence-corrected chi connectivity index (χ3v) is 5.73. The Bertz CT molecular complexity index is 1210. The van der Waals surface area contributed by atoms with Crippen molar-refractivity contribution in [1.82, 2.24) is 4.98 Å². The van der Waals surface area contributed by atoms with Gasteiger partial charge in [0.1, 0.15) is 10.6 Å². The van der Waals surface area contributed by atoms with Crippen LogP contribution in [0.1, 0.15) is 5.56 Å². The normalized spacial score (nSPS) is 12.5. The largest absolute Gasteiger partial charge is 0.392 e. The molecule has 2 heterocycles. The number of nitrogens with one attached hydrogen (secondary N) is 2. The number of pyridine rings is 1. The molecule has 1 atom stereocenters. The molecule has 2 aromatic heterocycles. The summed E-state index contributed by atoms with van der Waals surface area (Å²) in [7, 11) is 0. The Morgan fingerprint density at radius 1 is 1.11 bits per heavy atom. The van der Waals surface area contributed by atoms with Crippen molar-refractivity contribution in [3.8, 4) is 11.1 Å². The maximum atomic E-state index is 12.3. The van der Waals surface area contributed by atoms with E-state index < -0.39 is 11.1 Å². The molecular formula is C19H16N2O4S2. The molecular weight excluding hydrogens is 384 g/mol. The predicted octanol–water partition coefficient (Wildman–Crippen LogP) is 3.49. The molecule has 4 aromatic rings. The van der Waals surface area contributed by atoms with Crippen LogP contribution in [-0.4, -0.2) is 24.7 Å². The highest BCUT2D eigenvalue weighted by molar-refractivity contribution is 7.79. The quantitative estimate of drug-likeness (QED) is 0.384. The minimum absolute atomic E-state index is 0.0493. The van der Waals surface area contributed by atoms with Gasteiger partial charge in [0.05, 0.1) is 6.61 Å². The van der Waals surface area contributed by atoms with Crippen LogP contribution < -0.4 is 10.9 Å². The summed E-state index contributed by atoms with van der Waals surface area (Å²) in [6.45, 7) is -0.125. The zero-order valence-corrected chi connectivity index (χ0v) is 15.7. The molecule has 6 nitrogen and oxygen atoms in total. The molecule has 0 saturated heterocycles. The molecule has 2 aromatic carbocycles. The van der Waals surface area contributed by atoms with Crippen molar-refractivity contribution in [1.29, 1.82) is 0 Å². The SMILES string of the molecule is O=c1[nH]c2ccc(CO)c(-c3ccc(NCS(=O)O)cc3)c2c2ccsc12. The van der Waals surface area contributed by atoms with Crippen molar-refractivity contribution in [2.24, 2.45) is 0 Å². The van der Waals surface area contributed by atoms with E-state index in [0.29, 0.717) is 4.70 Å². The number of fused-ring (bicyclic) bond motifs is 3. The molecule has 0 aliphatic carbocycles. The molecule has 1 unspecified atom stereocenters. The zero-order valence-electron chi connectivity index (χ0n) is 14.1. The minimum Gasteiger partial charge on any atom is -0.392 e. The number of aliphatic hydroxyl groups excluding tert-OH is 1. The third kappa shape index (κ3) is 3.28. The number of aromatic amines is 1. The Labute approximate surface area is 160 Å². The van der Waals surface area contributed by atoms with Gasteiger partial charge in [-0.2, -0.15) is 0 Å². The summed E-state index contributed by atoms with van der Waals surface area (Å²) in [4.78, 5) is 15.2. The van der Waals surface area contributed by atoms with E-state index in [1.54, 1.807) is 0 Å². The smallest absolute Gasteiger partial charge is 0.266 e. The fourth-order valence-electron chi connectivity index (χ4n) is 3.25. The zero-order chi connectivity index (χ0) is 19.0. The third-order valence-electron chi connectivity index (χ3n) is 4.42. The minimum atomic E-state index is -1.92. The van der Waals surface area contributed by atoms with Gasteiger partial charge in [0.15, 0.2) is 11.1 Å². The highest BCUT2D eigenvalue weighted by atomic mass is 32.2. The van der Waals surface area contributed by atoms with Crippen LogP contribution in [0.15, 0.2) is 52.6 Å². The van der Waals surface area contributed by atoms with E-state index in [4.69, 9.17) is 4.55 Å². The van der Waals surface area contributed by atoms with Crippen LogP contribution in [-0.2, 0) is 17.7 Å². The van der Waals surface area contributed by atoms with Gasteiger partial charge in [-0.1, -0.05) is 18.2 Å². The van der Waals surface area contributed by atoms with Gasteiger partial charge in [-0.05, 0) is 46.3 Å². The van der Waals surface area contributed by atoms with Crippen LogP contribution in [0.3, 0.4) is 0 Å². The first-order valence-electron chi connectivity index (χ1n) is 8.16. The Morgan fingerprint density at radius 3 is 2.59 bits per heavy atom. The summed E-state index contributed by atoms with van der Waals surface area (Å²) in [5.41, 5.74) is 3.84. The van der Waals surface area contributed by atoms with Gasteiger partial charge in [-0.3, -0.25) is 4.79 Å². The number of thiophene rings is 1. The maximum Gasteiger partial charge on any atom is 0.266 e. The summed E-state index contributed by atoms with van der Waals surface area (Å²) in [6.07, 6.45) is 0. The molecule has 4 N–H and O–H groups in total. The second-order valence-corrected chi connectivity index (χ2v) is 7.87. The highest BCUT2D eigenvalue weighted by Gasteiger charge is 2.15. The van der Waals surface area contributed by atoms with Gasteiger partial charge in [-0.25, -0.2) is 4.21 Å². The number of H-pyrrole nitrogens is 1. The molecule has 138 valence electrons. The molecule has 0 aliphatic rings. The van der Waals surface area contributed by atoms with E-state index in [9.17, 15) is 14.1 Å². The second kappa shape index (κ2) is 7.24. The topological polar surface area (TPSA) is 102 Å². The maximum absolute atomic E-state index is 12.3. The van der Waals surface area contributed by atoms with E-state index in [1.165, 1.54) is 11.3 Å². The van der Waals surface area contributed by atoms with Crippen LogP contribution in [0.5, 0.6) is 0 Å². The first-order valence-corrected chi connectivity index (χ1v) is 10.3. The first-order chi connectivity index (χ1) is 13.1. The van der Waals surface area contributed by atoms with Crippen molar-refractivity contribution >= 4 is 49.1 Å². The predicted molar refractivity (Wildman–Crippen MR) is 111 cm³/mol. The molecule has 0 fully saturated rings. The Morgan fingerprint density at radius 2 is 1.89 bits per heavy atom. The van der Waals surface area contributed by atoms with Crippen molar-refractivity contribution in [2.75, 3.05) is 11.2 Å². The summed E-state index contributed by atoms with van der Waals surface area (Å²) < 4.78 is 20.4. The lowest BCUT2D eigenvalue weighted by Crippen LogP contribution is -2.07. The van der Waals surface area contributed by atoms with Crippen LogP contribution in [0.2, 0.25) is 0 Å². The van der Waals surface area contributed by atoms with Gasteiger partial charge < -0.3 is 20.0 Å². The Kier molecular flexibility index (Phi) is 4.79. The molecule has 0 saturated carbocycles.